The molecule has 4 heterocycles. The molecule has 1 saturated heterocycles. The highest BCUT2D eigenvalue weighted by Crippen LogP contribution is 2.32. The first-order chi connectivity index (χ1) is 18.0. The zero-order chi connectivity index (χ0) is 25.8. The Kier molecular flexibility index (Phi) is 6.85. The first-order valence-electron chi connectivity index (χ1n) is 12.2. The molecule has 0 amide bonds. The fourth-order valence-corrected chi connectivity index (χ4v) is 4.46. The van der Waals surface area contributed by atoms with Crippen molar-refractivity contribution in [3.63, 3.8) is 0 Å². The van der Waals surface area contributed by atoms with Gasteiger partial charge in [-0.05, 0) is 44.4 Å². The van der Waals surface area contributed by atoms with Crippen LogP contribution in [0.5, 0.6) is 5.75 Å². The summed E-state index contributed by atoms with van der Waals surface area (Å²) in [5.74, 6) is 8.12. The summed E-state index contributed by atoms with van der Waals surface area (Å²) in [6.07, 6.45) is 8.07. The first-order valence-corrected chi connectivity index (χ1v) is 12.2. The van der Waals surface area contributed by atoms with Crippen molar-refractivity contribution in [3.8, 4) is 28.8 Å². The van der Waals surface area contributed by atoms with Crippen LogP contribution in [0.15, 0.2) is 55.2 Å². The van der Waals surface area contributed by atoms with Crippen molar-refractivity contribution >= 4 is 17.3 Å². The van der Waals surface area contributed by atoms with Crippen molar-refractivity contribution in [3.05, 3.63) is 66.6 Å². The lowest BCUT2D eigenvalue weighted by Gasteiger charge is -2.29. The Morgan fingerprint density at radius 3 is 2.84 bits per heavy atom. The van der Waals surface area contributed by atoms with Gasteiger partial charge in [-0.3, -0.25) is 0 Å². The van der Waals surface area contributed by atoms with Crippen LogP contribution in [0.1, 0.15) is 24.7 Å². The summed E-state index contributed by atoms with van der Waals surface area (Å²) in [4.78, 5) is 17.8. The Hall–Kier alpha value is -4.65. The Bertz CT molecular complexity index is 1440. The molecule has 1 aromatic carbocycles. The minimum atomic E-state index is 0.159. The second-order valence-corrected chi connectivity index (χ2v) is 9.07. The van der Waals surface area contributed by atoms with Gasteiger partial charge >= 0.3 is 0 Å². The van der Waals surface area contributed by atoms with Gasteiger partial charge in [0.1, 0.15) is 11.6 Å². The van der Waals surface area contributed by atoms with Gasteiger partial charge in [0.05, 0.1) is 24.3 Å². The van der Waals surface area contributed by atoms with Crippen molar-refractivity contribution in [2.24, 2.45) is 0 Å². The number of nitrogens with two attached hydrogens (primary N) is 1. The fraction of sp³-hybridized carbons (Fsp3) is 0.296. The van der Waals surface area contributed by atoms with Crippen molar-refractivity contribution in [2.75, 3.05) is 35.2 Å². The lowest BCUT2D eigenvalue weighted by atomic mass is 10.1. The topological polar surface area (TPSA) is 122 Å². The number of phenols is 1. The molecule has 10 heteroatoms. The highest BCUT2D eigenvalue weighted by Gasteiger charge is 2.25. The lowest BCUT2D eigenvalue weighted by Crippen LogP contribution is -2.36. The molecule has 1 aliphatic rings. The Labute approximate surface area is 215 Å². The standard InChI is InChI=1S/C27H29N9O/c1-19-17-30-25(8-5-11-34-13-10-29-18-34)31-27(19)36-15-14-35(12-9-20(36)2)23-16-22(32-33-26(23)28)21-6-3-4-7-24(21)37/h3-4,6-7,10,13,16-18,20,37H,9,11-12,14-15H2,1-2H3,(H2,28,33). The van der Waals surface area contributed by atoms with Crippen LogP contribution < -0.4 is 15.5 Å². The molecule has 1 fully saturated rings. The van der Waals surface area contributed by atoms with E-state index < -0.39 is 0 Å². The van der Waals surface area contributed by atoms with E-state index in [1.165, 1.54) is 0 Å². The maximum Gasteiger partial charge on any atom is 0.206 e. The molecule has 1 atom stereocenters. The molecular weight excluding hydrogens is 466 g/mol. The van der Waals surface area contributed by atoms with Crippen LogP contribution >= 0.6 is 0 Å². The zero-order valence-electron chi connectivity index (χ0n) is 20.9. The van der Waals surface area contributed by atoms with E-state index in [9.17, 15) is 5.11 Å². The molecule has 37 heavy (non-hydrogen) atoms. The van der Waals surface area contributed by atoms with Crippen LogP contribution in [-0.2, 0) is 6.54 Å². The summed E-state index contributed by atoms with van der Waals surface area (Å²) in [6.45, 7) is 7.04. The molecule has 1 aliphatic heterocycles. The number of aromatic hydroxyl groups is 1. The van der Waals surface area contributed by atoms with Gasteiger partial charge in [0.15, 0.2) is 5.82 Å². The van der Waals surface area contributed by atoms with Gasteiger partial charge in [-0.15, -0.1) is 10.2 Å². The van der Waals surface area contributed by atoms with Gasteiger partial charge < -0.3 is 25.2 Å². The number of aromatic nitrogens is 6. The average molecular weight is 496 g/mol. The van der Waals surface area contributed by atoms with Crippen molar-refractivity contribution < 1.29 is 5.11 Å². The highest BCUT2D eigenvalue weighted by molar-refractivity contribution is 5.74. The van der Waals surface area contributed by atoms with Crippen LogP contribution in [-0.4, -0.2) is 60.5 Å². The van der Waals surface area contributed by atoms with Gasteiger partial charge in [-0.2, -0.15) is 0 Å². The third-order valence-electron chi connectivity index (χ3n) is 6.52. The van der Waals surface area contributed by atoms with E-state index >= 15 is 0 Å². The number of imidazole rings is 1. The predicted molar refractivity (Wildman–Crippen MR) is 143 cm³/mol. The molecule has 188 valence electrons. The van der Waals surface area contributed by atoms with E-state index in [-0.39, 0.29) is 11.8 Å². The molecule has 3 N–H and O–H groups in total. The van der Waals surface area contributed by atoms with Gasteiger partial charge in [0.2, 0.25) is 5.82 Å². The molecule has 5 rings (SSSR count). The summed E-state index contributed by atoms with van der Waals surface area (Å²) in [7, 11) is 0. The summed E-state index contributed by atoms with van der Waals surface area (Å²) in [5, 5.41) is 18.7. The normalized spacial score (nSPS) is 15.7. The molecule has 0 aliphatic carbocycles. The maximum absolute atomic E-state index is 10.3. The number of hydrogen-bond donors (Lipinski definition) is 2. The third kappa shape index (κ3) is 5.30. The Balaban J connectivity index is 1.36. The molecule has 10 nitrogen and oxygen atoms in total. The first kappa shape index (κ1) is 24.1. The Morgan fingerprint density at radius 2 is 2.03 bits per heavy atom. The van der Waals surface area contributed by atoms with E-state index in [2.05, 4.69) is 48.7 Å². The average Bonchev–Trinajstić information content (AvgIpc) is 3.34. The number of nitrogen functional groups attached to an aromatic ring is 1. The van der Waals surface area contributed by atoms with Gasteiger partial charge in [-0.25, -0.2) is 15.0 Å². The van der Waals surface area contributed by atoms with Crippen LogP contribution in [0.25, 0.3) is 11.3 Å². The van der Waals surface area contributed by atoms with Crippen molar-refractivity contribution in [1.29, 1.82) is 0 Å². The van der Waals surface area contributed by atoms with E-state index in [4.69, 9.17) is 10.7 Å². The van der Waals surface area contributed by atoms with E-state index in [1.807, 2.05) is 42.1 Å². The molecule has 3 aromatic heterocycles. The van der Waals surface area contributed by atoms with Crippen LogP contribution in [0.4, 0.5) is 17.3 Å². The number of phenolic OH excluding ortho intramolecular Hbond substituents is 1. The second kappa shape index (κ2) is 10.5. The number of nitrogens with zero attached hydrogens (tertiary/aromatic N) is 8. The van der Waals surface area contributed by atoms with Gasteiger partial charge in [0.25, 0.3) is 0 Å². The number of benzene rings is 1. The summed E-state index contributed by atoms with van der Waals surface area (Å²) in [5.41, 5.74) is 9.29. The minimum absolute atomic E-state index is 0.159. The summed E-state index contributed by atoms with van der Waals surface area (Å²) < 4.78 is 1.90. The number of rotatable bonds is 4. The predicted octanol–water partition coefficient (Wildman–Crippen LogP) is 2.88. The maximum atomic E-state index is 10.3. The monoisotopic (exact) mass is 495 g/mol. The quantitative estimate of drug-likeness (QED) is 0.412. The summed E-state index contributed by atoms with van der Waals surface area (Å²) >= 11 is 0. The van der Waals surface area contributed by atoms with Gasteiger partial charge in [-0.1, -0.05) is 18.1 Å². The van der Waals surface area contributed by atoms with E-state index in [0.717, 1.165) is 43.1 Å². The highest BCUT2D eigenvalue weighted by atomic mass is 16.3. The van der Waals surface area contributed by atoms with Crippen LogP contribution in [0.3, 0.4) is 0 Å². The molecule has 0 bridgehead atoms. The second-order valence-electron chi connectivity index (χ2n) is 9.07. The van der Waals surface area contributed by atoms with E-state index in [0.29, 0.717) is 29.4 Å². The SMILES string of the molecule is Cc1cnc(C#CCn2ccnc2)nc1N1CCN(c2cc(-c3ccccc3O)nnc2N)CCC1C. The van der Waals surface area contributed by atoms with Crippen LogP contribution in [0.2, 0.25) is 0 Å². The number of anilines is 3. The van der Waals surface area contributed by atoms with E-state index in [1.54, 1.807) is 24.7 Å². The lowest BCUT2D eigenvalue weighted by molar-refractivity contribution is 0.477. The molecule has 0 spiro atoms. The van der Waals surface area contributed by atoms with Crippen LogP contribution in [0, 0.1) is 18.8 Å². The van der Waals surface area contributed by atoms with Gasteiger partial charge in [0, 0.05) is 55.4 Å². The zero-order valence-corrected chi connectivity index (χ0v) is 20.9. The Morgan fingerprint density at radius 1 is 1.16 bits per heavy atom. The molecular formula is C27H29N9O. The smallest absolute Gasteiger partial charge is 0.206 e. The third-order valence-corrected chi connectivity index (χ3v) is 6.52. The number of hydrogen-bond acceptors (Lipinski definition) is 9. The largest absolute Gasteiger partial charge is 0.507 e. The molecule has 0 saturated carbocycles. The molecule has 0 radical (unpaired) electrons. The van der Waals surface area contributed by atoms with Crippen molar-refractivity contribution in [1.82, 2.24) is 29.7 Å². The molecule has 1 unspecified atom stereocenters. The van der Waals surface area contributed by atoms with Crippen molar-refractivity contribution in [2.45, 2.75) is 32.9 Å². The minimum Gasteiger partial charge on any atom is -0.507 e. The fourth-order valence-electron chi connectivity index (χ4n) is 4.46. The number of aryl methyl sites for hydroxylation is 1. The summed E-state index contributed by atoms with van der Waals surface area (Å²) in [6, 6.07) is 9.25. The molecule has 4 aromatic rings. The number of para-hydroxylation sites is 1.